The van der Waals surface area contributed by atoms with Crippen LogP contribution in [0.4, 0.5) is 13.2 Å². The molecule has 2 N–H and O–H groups in total. The van der Waals surface area contributed by atoms with Crippen LogP contribution in [0.5, 0.6) is 5.75 Å². The van der Waals surface area contributed by atoms with E-state index in [1.807, 2.05) is 11.8 Å². The first kappa shape index (κ1) is 21.0. The van der Waals surface area contributed by atoms with Crippen molar-refractivity contribution in [2.45, 2.75) is 51.1 Å². The third kappa shape index (κ3) is 5.59. The minimum absolute atomic E-state index is 0.0599. The maximum Gasteiger partial charge on any atom is 0.419 e. The van der Waals surface area contributed by atoms with Crippen LogP contribution >= 0.6 is 0 Å². The van der Waals surface area contributed by atoms with Crippen LogP contribution in [-0.4, -0.2) is 53.2 Å². The van der Waals surface area contributed by atoms with Crippen molar-refractivity contribution in [1.29, 1.82) is 0 Å². The van der Waals surface area contributed by atoms with Gasteiger partial charge in [0.05, 0.1) is 12.1 Å². The van der Waals surface area contributed by atoms with E-state index in [0.717, 1.165) is 6.07 Å². The molecule has 0 bridgehead atoms. The lowest BCUT2D eigenvalue weighted by Gasteiger charge is -2.42. The fourth-order valence-corrected chi connectivity index (χ4v) is 3.04. The topological polar surface area (TPSA) is 78.9 Å². The molecule has 9 heteroatoms. The molecule has 27 heavy (non-hydrogen) atoms. The van der Waals surface area contributed by atoms with Crippen molar-refractivity contribution in [1.82, 2.24) is 10.2 Å². The molecule has 150 valence electrons. The first-order valence-corrected chi connectivity index (χ1v) is 8.70. The fourth-order valence-electron chi connectivity index (χ4n) is 3.04. The highest BCUT2D eigenvalue weighted by molar-refractivity contribution is 5.81. The highest BCUT2D eigenvalue weighted by Crippen LogP contribution is 2.36. The number of ether oxygens (including phenoxy) is 1. The third-order valence-electron chi connectivity index (χ3n) is 4.59. The Morgan fingerprint density at radius 3 is 2.52 bits per heavy atom. The van der Waals surface area contributed by atoms with E-state index in [4.69, 9.17) is 9.84 Å². The predicted molar refractivity (Wildman–Crippen MR) is 91.4 cm³/mol. The summed E-state index contributed by atoms with van der Waals surface area (Å²) in [5.74, 6) is -1.80. The Kier molecular flexibility index (Phi) is 6.69. The Hall–Kier alpha value is -2.29. The highest BCUT2D eigenvalue weighted by atomic mass is 19.4. The summed E-state index contributed by atoms with van der Waals surface area (Å²) < 4.78 is 44.2. The molecule has 1 aromatic rings. The van der Waals surface area contributed by atoms with Gasteiger partial charge in [-0.2, -0.15) is 13.2 Å². The van der Waals surface area contributed by atoms with Gasteiger partial charge in [0.2, 0.25) is 0 Å². The predicted octanol–water partition coefficient (Wildman–Crippen LogP) is 2.53. The maximum absolute atomic E-state index is 13.0. The first-order valence-electron chi connectivity index (χ1n) is 8.70. The van der Waals surface area contributed by atoms with Gasteiger partial charge < -0.3 is 15.2 Å². The summed E-state index contributed by atoms with van der Waals surface area (Å²) >= 11 is 0. The Morgan fingerprint density at radius 2 is 1.96 bits per heavy atom. The summed E-state index contributed by atoms with van der Waals surface area (Å²) in [6, 6.07) is 4.67. The summed E-state index contributed by atoms with van der Waals surface area (Å²) in [4.78, 5) is 24.8. The Bertz CT molecular complexity index is 675. The Labute approximate surface area is 155 Å². The normalized spacial score (nSPS) is 20.7. The van der Waals surface area contributed by atoms with Crippen LogP contribution in [0.25, 0.3) is 0 Å². The number of benzene rings is 1. The molecule has 6 nitrogen and oxygen atoms in total. The number of carboxylic acids is 1. The number of hydrogen-bond acceptors (Lipinski definition) is 4. The van der Waals surface area contributed by atoms with Gasteiger partial charge in [-0.25, -0.2) is 0 Å². The lowest BCUT2D eigenvalue weighted by Crippen LogP contribution is -2.56. The smallest absolute Gasteiger partial charge is 0.419 e. The number of nitrogens with zero attached hydrogens (tertiary/aromatic N) is 1. The summed E-state index contributed by atoms with van der Waals surface area (Å²) in [5.41, 5.74) is -0.930. The molecule has 1 saturated carbocycles. The van der Waals surface area contributed by atoms with Crippen LogP contribution in [0.15, 0.2) is 24.3 Å². The van der Waals surface area contributed by atoms with Gasteiger partial charge >= 0.3 is 12.1 Å². The second kappa shape index (κ2) is 8.60. The average Bonchev–Trinajstić information content (AvgIpc) is 2.55. The number of carbonyl (C=O) groups excluding carboxylic acids is 1. The van der Waals surface area contributed by atoms with Crippen molar-refractivity contribution in [2.75, 3.05) is 13.1 Å². The Balaban J connectivity index is 1.87. The second-order valence-corrected chi connectivity index (χ2v) is 6.54. The molecular weight excluding hydrogens is 365 g/mol. The quantitative estimate of drug-likeness (QED) is 0.716. The number of aliphatic carboxylic acids is 1. The van der Waals surface area contributed by atoms with Crippen LogP contribution in [0.1, 0.15) is 32.3 Å². The molecule has 0 spiro atoms. The fraction of sp³-hybridized carbons (Fsp3) is 0.556. The molecule has 1 amide bonds. The van der Waals surface area contributed by atoms with Crippen molar-refractivity contribution < 1.29 is 32.6 Å². The summed E-state index contributed by atoms with van der Waals surface area (Å²) in [6.07, 6.45) is -4.46. The standard InChI is InChI=1S/C18H23F3N2O4/c1-3-23(10-16(24)25)13-8-12(9-13)22-17(26)11(2)27-15-7-5-4-6-14(15)18(19,20)21/h4-7,11-13H,3,8-10H2,1-2H3,(H,22,26)(H,24,25). The highest BCUT2D eigenvalue weighted by Gasteiger charge is 2.37. The maximum atomic E-state index is 13.0. The summed E-state index contributed by atoms with van der Waals surface area (Å²) in [5, 5.41) is 11.6. The number of likely N-dealkylation sites (N-methyl/N-ethyl adjacent to an activating group) is 1. The van der Waals surface area contributed by atoms with Gasteiger partial charge in [0.15, 0.2) is 6.10 Å². The van der Waals surface area contributed by atoms with Crippen molar-refractivity contribution in [3.8, 4) is 5.75 Å². The van der Waals surface area contributed by atoms with Crippen LogP contribution in [0, 0.1) is 0 Å². The number of rotatable bonds is 8. The van der Waals surface area contributed by atoms with Crippen molar-refractivity contribution in [2.24, 2.45) is 0 Å². The number of alkyl halides is 3. The van der Waals surface area contributed by atoms with Gasteiger partial charge in [-0.05, 0) is 38.4 Å². The zero-order valence-corrected chi connectivity index (χ0v) is 15.1. The van der Waals surface area contributed by atoms with Crippen molar-refractivity contribution in [3.63, 3.8) is 0 Å². The number of carbonyl (C=O) groups is 2. The molecule has 2 rings (SSSR count). The van der Waals surface area contributed by atoms with Gasteiger partial charge in [0.1, 0.15) is 5.75 Å². The number of nitrogens with one attached hydrogen (secondary N) is 1. The molecule has 0 saturated heterocycles. The molecule has 1 fully saturated rings. The van der Waals surface area contributed by atoms with E-state index in [2.05, 4.69) is 5.32 Å². The number of amides is 1. The van der Waals surface area contributed by atoms with E-state index in [1.165, 1.54) is 25.1 Å². The van der Waals surface area contributed by atoms with Gasteiger partial charge in [-0.1, -0.05) is 19.1 Å². The molecular formula is C18H23F3N2O4. The number of halogens is 3. The van der Waals surface area contributed by atoms with Crippen molar-refractivity contribution >= 4 is 11.9 Å². The number of para-hydroxylation sites is 1. The zero-order chi connectivity index (χ0) is 20.2. The molecule has 0 aromatic heterocycles. The van der Waals surface area contributed by atoms with E-state index in [9.17, 15) is 22.8 Å². The SMILES string of the molecule is CCN(CC(=O)O)C1CC(NC(=O)C(C)Oc2ccccc2C(F)(F)F)C1. The lowest BCUT2D eigenvalue weighted by molar-refractivity contribution is -0.141. The van der Waals surface area contributed by atoms with E-state index < -0.39 is 35.5 Å². The van der Waals surface area contributed by atoms with Crippen LogP contribution in [-0.2, 0) is 15.8 Å². The zero-order valence-electron chi connectivity index (χ0n) is 15.1. The van der Waals surface area contributed by atoms with Gasteiger partial charge in [0.25, 0.3) is 5.91 Å². The van der Waals surface area contributed by atoms with Gasteiger partial charge in [-0.3, -0.25) is 14.5 Å². The molecule has 1 aliphatic carbocycles. The van der Waals surface area contributed by atoms with E-state index >= 15 is 0 Å². The van der Waals surface area contributed by atoms with Crippen LogP contribution in [0.3, 0.4) is 0 Å². The minimum atomic E-state index is -4.57. The largest absolute Gasteiger partial charge is 0.480 e. The average molecular weight is 388 g/mol. The van der Waals surface area contributed by atoms with E-state index in [0.29, 0.717) is 19.4 Å². The molecule has 0 radical (unpaired) electrons. The third-order valence-corrected chi connectivity index (χ3v) is 4.59. The molecule has 1 atom stereocenters. The van der Waals surface area contributed by atoms with Crippen LogP contribution < -0.4 is 10.1 Å². The molecule has 0 aliphatic heterocycles. The number of carboxylic acid groups (broad SMARTS) is 1. The first-order chi connectivity index (χ1) is 12.6. The van der Waals surface area contributed by atoms with Gasteiger partial charge in [-0.15, -0.1) is 0 Å². The monoisotopic (exact) mass is 388 g/mol. The molecule has 1 aromatic carbocycles. The second-order valence-electron chi connectivity index (χ2n) is 6.54. The van der Waals surface area contributed by atoms with Gasteiger partial charge in [0, 0.05) is 12.1 Å². The van der Waals surface area contributed by atoms with Crippen molar-refractivity contribution in [3.05, 3.63) is 29.8 Å². The molecule has 0 heterocycles. The summed E-state index contributed by atoms with van der Waals surface area (Å²) in [7, 11) is 0. The minimum Gasteiger partial charge on any atom is -0.480 e. The lowest BCUT2D eigenvalue weighted by atomic mass is 9.85. The Morgan fingerprint density at radius 1 is 1.33 bits per heavy atom. The molecule has 1 aliphatic rings. The molecule has 1 unspecified atom stereocenters. The van der Waals surface area contributed by atoms with E-state index in [-0.39, 0.29) is 18.6 Å². The van der Waals surface area contributed by atoms with E-state index in [1.54, 1.807) is 0 Å². The summed E-state index contributed by atoms with van der Waals surface area (Å²) in [6.45, 7) is 3.78. The number of hydrogen-bond donors (Lipinski definition) is 2. The van der Waals surface area contributed by atoms with Crippen LogP contribution in [0.2, 0.25) is 0 Å².